The number of pyridine rings is 3. The highest BCUT2D eigenvalue weighted by Gasteiger charge is 2.34. The van der Waals surface area contributed by atoms with Gasteiger partial charge in [-0.2, -0.15) is 0 Å². The van der Waals surface area contributed by atoms with E-state index in [1.807, 2.05) is 146 Å². The fourth-order valence-corrected chi connectivity index (χ4v) is 9.78. The van der Waals surface area contributed by atoms with Crippen molar-refractivity contribution < 1.29 is 91.6 Å². The Morgan fingerprint density at radius 2 is 0.727 bits per heavy atom. The normalized spacial score (nSPS) is 13.0. The summed E-state index contributed by atoms with van der Waals surface area (Å²) >= 11 is 2.02. The second kappa shape index (κ2) is 44.5. The summed E-state index contributed by atoms with van der Waals surface area (Å²) in [6.07, 6.45) is 2.82. The maximum atomic E-state index is 12.5. The Hall–Kier alpha value is -9.34. The van der Waals surface area contributed by atoms with Gasteiger partial charge < -0.3 is 90.2 Å². The van der Waals surface area contributed by atoms with Crippen molar-refractivity contribution in [1.29, 1.82) is 0 Å². The summed E-state index contributed by atoms with van der Waals surface area (Å²) in [5.41, 5.74) is 8.40. The molecule has 0 unspecified atom stereocenters. The first kappa shape index (κ1) is 98.7. The Morgan fingerprint density at radius 1 is 0.427 bits per heavy atom. The second-order valence-electron chi connectivity index (χ2n) is 31.7. The summed E-state index contributed by atoms with van der Waals surface area (Å²) in [7, 11) is 11.3. The first-order valence-corrected chi connectivity index (χ1v) is 36.7. The molecule has 0 bridgehead atoms. The molecule has 0 aliphatic heterocycles. The maximum Gasteiger partial charge on any atom is 0.408 e. The van der Waals surface area contributed by atoms with Crippen LogP contribution in [0.15, 0.2) is 104 Å². The number of aliphatic hydroxyl groups excluding tert-OH is 1. The number of nitrogens with two attached hydrogens (primary N) is 1. The first-order chi connectivity index (χ1) is 50.1. The van der Waals surface area contributed by atoms with Gasteiger partial charge in [0.25, 0.3) is 0 Å². The van der Waals surface area contributed by atoms with Gasteiger partial charge >= 0.3 is 54.2 Å². The van der Waals surface area contributed by atoms with Gasteiger partial charge in [0, 0.05) is 84.1 Å². The minimum absolute atomic E-state index is 0. The molecule has 2 aromatic carbocycles. The van der Waals surface area contributed by atoms with Gasteiger partial charge in [0.15, 0.2) is 6.04 Å². The van der Waals surface area contributed by atoms with E-state index in [4.69, 9.17) is 49.1 Å². The standard InChI is InChI=1S/C25H25N3O4.C19H31N3O4.C12H22INO4.C12H23NO5.C10H15N3O2.ClH/c1-28(2)23-12-11-16(14-26-23)13-22(24(29)30)27-25(31)32-15-21-19-9-5-3-7-17(19)18-8-4-6-10-20(18)21;1-18(2,3)25-16(23)14(21-17(24)26-19(4,5)6)11-13-9-10-15(20-12-13)22(7)8;1-11(2,3)17-9(15)8(7-13)14-10(16)18-12(4,5)6;1-11(2,3)17-9(15)8(7-14)13-10(16)18-12(4,5)6;1-13(2)9-4-3-7(6-12-9)5-8(11)10(14)15;/h3-12,14,21-22H,13,15H2,1-2H3,(H,27,31)(H,29,30);9-10,12,14H,11H2,1-8H3,(H,21,24);8H,7H2,1-6H3,(H,14,16);8,14H,7H2,1-6H3,(H,13,16);3-4,6,8H,5,11H2,1-2H3,(H,14,15);1H/t22-;14-;3*8-;/m00000./s1. The number of esters is 3. The minimum atomic E-state index is -1.13. The van der Waals surface area contributed by atoms with Gasteiger partial charge in [-0.1, -0.05) is 89.3 Å². The van der Waals surface area contributed by atoms with Crippen molar-refractivity contribution in [1.82, 2.24) is 36.2 Å². The monoisotopic (exact) mass is 1670 g/mol. The summed E-state index contributed by atoms with van der Waals surface area (Å²) in [5, 5.41) is 37.1. The average molecular weight is 1680 g/mol. The Kier molecular flexibility index (Phi) is 39.9. The molecule has 6 rings (SSSR count). The van der Waals surface area contributed by atoms with Gasteiger partial charge in [-0.05, 0) is 188 Å². The van der Waals surface area contributed by atoms with E-state index in [-0.39, 0.29) is 37.8 Å². The molecule has 0 spiro atoms. The number of carbonyl (C=O) groups is 9. The lowest BCUT2D eigenvalue weighted by Gasteiger charge is -2.26. The number of aromatic nitrogens is 3. The van der Waals surface area contributed by atoms with Crippen LogP contribution in [-0.2, 0) is 76.4 Å². The third-order valence-corrected chi connectivity index (χ3v) is 14.8. The van der Waals surface area contributed by atoms with Crippen LogP contribution in [-0.4, -0.2) is 208 Å². The number of carboxylic acids is 2. The summed E-state index contributed by atoms with van der Waals surface area (Å²) in [6, 6.07) is 22.4. The van der Waals surface area contributed by atoms with Crippen LogP contribution in [0.3, 0.4) is 0 Å². The van der Waals surface area contributed by atoms with Crippen molar-refractivity contribution in [3.8, 4) is 11.1 Å². The molecule has 0 radical (unpaired) electrons. The van der Waals surface area contributed by atoms with Crippen LogP contribution in [0, 0.1) is 0 Å². The zero-order valence-electron chi connectivity index (χ0n) is 67.9. The van der Waals surface area contributed by atoms with Crippen LogP contribution in [0.4, 0.5) is 36.6 Å². The lowest BCUT2D eigenvalue weighted by atomic mass is 9.98. The van der Waals surface area contributed by atoms with Crippen LogP contribution in [0.25, 0.3) is 11.1 Å². The van der Waals surface area contributed by atoms with Gasteiger partial charge in [-0.3, -0.25) is 4.79 Å². The van der Waals surface area contributed by atoms with E-state index in [1.165, 1.54) is 0 Å². The highest BCUT2D eigenvalue weighted by atomic mass is 127. The molecular weight excluding hydrogens is 1560 g/mol. The molecule has 5 aromatic rings. The molecule has 0 saturated carbocycles. The average Bonchev–Trinajstić information content (AvgIpc) is 1.62. The summed E-state index contributed by atoms with van der Waals surface area (Å²) in [4.78, 5) is 124. The number of nitrogens with one attached hydrogen (secondary N) is 4. The summed E-state index contributed by atoms with van der Waals surface area (Å²) < 4.78 is 36.9. The molecule has 4 amide bonds. The lowest BCUT2D eigenvalue weighted by molar-refractivity contribution is -0.159. The van der Waals surface area contributed by atoms with Crippen molar-refractivity contribution >= 4 is 107 Å². The molecule has 5 atom stereocenters. The smallest absolute Gasteiger partial charge is 0.408 e. The number of rotatable bonds is 22. The SMILES string of the molecule is CC(C)(C)OC(=O)N[C@@H](CI)C(=O)OC(C)(C)C.CC(C)(C)OC(=O)N[C@@H](CO)C(=O)OC(C)(C)C.CN(C)c1ccc(C[C@H](N)C(=O)O)cn1.CN(C)c1ccc(C[C@H](NC(=O)OC(C)(C)C)C(=O)OC(C)(C)C)cn1.CN(C)c1ccc(C[C@H](NC(=O)OCC2c3ccccc3-c3ccccc32)C(=O)O)cn1.Cl. The number of fused-ring (bicyclic) bond motifs is 3. The number of halogens is 2. The fraction of sp³-hybridized carbons (Fsp3) is 0.538. The summed E-state index contributed by atoms with van der Waals surface area (Å²) in [5.74, 6) is -1.46. The van der Waals surface area contributed by atoms with E-state index in [0.717, 1.165) is 50.8 Å². The topological polar surface area (TPSA) is 401 Å². The molecule has 612 valence electrons. The van der Waals surface area contributed by atoms with E-state index in [1.54, 1.807) is 149 Å². The molecule has 9 N–H and O–H groups in total. The van der Waals surface area contributed by atoms with Gasteiger partial charge in [0.1, 0.15) is 81.8 Å². The number of anilines is 3. The third kappa shape index (κ3) is 39.9. The molecule has 32 heteroatoms. The van der Waals surface area contributed by atoms with Gasteiger partial charge in [-0.25, -0.2) is 53.3 Å². The molecule has 1 aliphatic carbocycles. The molecule has 110 heavy (non-hydrogen) atoms. The Morgan fingerprint density at radius 3 is 1.03 bits per heavy atom. The predicted octanol–water partition coefficient (Wildman–Crippen LogP) is 11.0. The number of alkyl halides is 1. The van der Waals surface area contributed by atoms with Crippen molar-refractivity contribution in [3.05, 3.63) is 131 Å². The number of hydrogen-bond donors (Lipinski definition) is 8. The number of benzene rings is 2. The van der Waals surface area contributed by atoms with Crippen molar-refractivity contribution in [3.63, 3.8) is 0 Å². The fourth-order valence-electron chi connectivity index (χ4n) is 9.20. The summed E-state index contributed by atoms with van der Waals surface area (Å²) in [6.45, 7) is 31.1. The van der Waals surface area contributed by atoms with E-state index >= 15 is 0 Å². The number of ether oxygens (including phenoxy) is 7. The van der Waals surface area contributed by atoms with E-state index in [2.05, 4.69) is 48.4 Å². The van der Waals surface area contributed by atoms with E-state index in [0.29, 0.717) is 16.4 Å². The van der Waals surface area contributed by atoms with Crippen molar-refractivity contribution in [2.45, 2.75) is 214 Å². The van der Waals surface area contributed by atoms with Gasteiger partial charge in [0.05, 0.1) is 6.61 Å². The molecule has 30 nitrogen and oxygen atoms in total. The molecular formula is C78H117ClIN11O19. The number of aliphatic carboxylic acids is 2. The Bertz CT molecular complexity index is 3640. The lowest BCUT2D eigenvalue weighted by Crippen LogP contribution is -2.47. The zero-order chi connectivity index (χ0) is 83.3. The third-order valence-electron chi connectivity index (χ3n) is 13.9. The number of hydrogen-bond acceptors (Lipinski definition) is 24. The van der Waals surface area contributed by atoms with Crippen LogP contribution in [0.2, 0.25) is 0 Å². The zero-order valence-corrected chi connectivity index (χ0v) is 70.9. The number of alkyl carbamates (subject to hydrolysis) is 4. The molecule has 0 fully saturated rings. The number of nitrogens with zero attached hydrogens (tertiary/aromatic N) is 6. The highest BCUT2D eigenvalue weighted by molar-refractivity contribution is 14.1. The molecule has 1 aliphatic rings. The van der Waals surface area contributed by atoms with Crippen LogP contribution < -0.4 is 41.7 Å². The van der Waals surface area contributed by atoms with Gasteiger partial charge in [-0.15, -0.1) is 12.4 Å². The van der Waals surface area contributed by atoms with E-state index in [9.17, 15) is 48.3 Å². The largest absolute Gasteiger partial charge is 0.480 e. The highest BCUT2D eigenvalue weighted by Crippen LogP contribution is 2.44. The van der Waals surface area contributed by atoms with Crippen LogP contribution in [0.1, 0.15) is 158 Å². The number of carboxylic acid groups (broad SMARTS) is 2. The van der Waals surface area contributed by atoms with Crippen LogP contribution >= 0.6 is 35.0 Å². The Labute approximate surface area is 667 Å². The van der Waals surface area contributed by atoms with E-state index < -0.39 is 125 Å². The quantitative estimate of drug-likeness (QED) is 0.0138. The Balaban J connectivity index is 0.000000707. The molecule has 3 heterocycles. The number of amides is 4. The van der Waals surface area contributed by atoms with Crippen LogP contribution in [0.5, 0.6) is 0 Å². The van der Waals surface area contributed by atoms with Crippen molar-refractivity contribution in [2.75, 3.05) is 74.6 Å². The number of carbonyl (C=O) groups excluding carboxylic acids is 7. The van der Waals surface area contributed by atoms with Gasteiger partial charge in [0.2, 0.25) is 0 Å². The van der Waals surface area contributed by atoms with Crippen molar-refractivity contribution in [2.24, 2.45) is 5.73 Å². The minimum Gasteiger partial charge on any atom is -0.480 e. The second-order valence-corrected chi connectivity index (χ2v) is 32.6. The molecule has 0 saturated heterocycles. The molecule has 3 aromatic heterocycles. The number of aliphatic hydroxyl groups is 1. The first-order valence-electron chi connectivity index (χ1n) is 35.1. The maximum absolute atomic E-state index is 12.5. The predicted molar refractivity (Wildman–Crippen MR) is 432 cm³/mol.